The van der Waals surface area contributed by atoms with E-state index < -0.39 is 11.7 Å². The van der Waals surface area contributed by atoms with Crippen molar-refractivity contribution in [3.8, 4) is 46.2 Å². The third-order valence-corrected chi connectivity index (χ3v) is 5.81. The quantitative estimate of drug-likeness (QED) is 0.281. The Labute approximate surface area is 233 Å². The van der Waals surface area contributed by atoms with Crippen LogP contribution in [0.1, 0.15) is 43.3 Å². The zero-order valence-corrected chi connectivity index (χ0v) is 22.9. The minimum Gasteiger partial charge on any atom is -0.444 e. The molecule has 4 aromatic rings. The van der Waals surface area contributed by atoms with Crippen LogP contribution >= 0.6 is 0 Å². The second-order valence-corrected chi connectivity index (χ2v) is 10.1. The maximum Gasteiger partial charge on any atom is 0.407 e. The highest BCUT2D eigenvalue weighted by molar-refractivity contribution is 5.73. The summed E-state index contributed by atoms with van der Waals surface area (Å²) in [6, 6.07) is 26.4. The van der Waals surface area contributed by atoms with Crippen LogP contribution < -0.4 is 10.1 Å². The number of alkyl carbamates (subject to hydrolysis) is 1. The summed E-state index contributed by atoms with van der Waals surface area (Å²) in [6.07, 6.45) is 0.200. The van der Waals surface area contributed by atoms with Crippen molar-refractivity contribution in [3.05, 3.63) is 95.3 Å². The molecule has 4 rings (SSSR count). The van der Waals surface area contributed by atoms with Gasteiger partial charge in [0.25, 0.3) is 0 Å². The van der Waals surface area contributed by atoms with Crippen molar-refractivity contribution in [2.24, 2.45) is 0 Å². The first-order valence-electron chi connectivity index (χ1n) is 12.8. The van der Waals surface area contributed by atoms with Crippen molar-refractivity contribution in [3.63, 3.8) is 0 Å². The Bertz CT molecular complexity index is 1610. The molecule has 1 N–H and O–H groups in total. The van der Waals surface area contributed by atoms with Crippen LogP contribution in [0.15, 0.2) is 72.8 Å². The molecule has 0 bridgehead atoms. The summed E-state index contributed by atoms with van der Waals surface area (Å²) >= 11 is 0. The maximum absolute atomic E-state index is 11.9. The summed E-state index contributed by atoms with van der Waals surface area (Å²) in [7, 11) is 0. The van der Waals surface area contributed by atoms with Crippen molar-refractivity contribution in [2.45, 2.75) is 39.7 Å². The fourth-order valence-corrected chi connectivity index (χ4v) is 4.04. The van der Waals surface area contributed by atoms with Crippen LogP contribution in [0.4, 0.5) is 4.79 Å². The Balaban J connectivity index is 1.56. The molecule has 200 valence electrons. The number of benzene rings is 3. The average molecular weight is 532 g/mol. The van der Waals surface area contributed by atoms with E-state index in [0.29, 0.717) is 52.8 Å². The highest BCUT2D eigenvalue weighted by Gasteiger charge is 2.16. The van der Waals surface area contributed by atoms with Gasteiger partial charge in [0, 0.05) is 23.7 Å². The Morgan fingerprint density at radius 1 is 0.925 bits per heavy atom. The Morgan fingerprint density at radius 3 is 2.38 bits per heavy atom. The van der Waals surface area contributed by atoms with Crippen molar-refractivity contribution in [1.82, 2.24) is 15.3 Å². The van der Waals surface area contributed by atoms with E-state index in [-0.39, 0.29) is 0 Å². The number of aryl methyl sites for hydroxylation is 1. The SMILES string of the molecule is Cc1nc(Oc2cc(C#N)ccc2-c2ccc(CCNC(=O)OC(C)(C)C)cc2)cc(-c2ccccc2C#N)n1. The Morgan fingerprint density at radius 2 is 1.68 bits per heavy atom. The van der Waals surface area contributed by atoms with E-state index in [9.17, 15) is 15.3 Å². The van der Waals surface area contributed by atoms with Crippen LogP contribution in [0.25, 0.3) is 22.4 Å². The minimum absolute atomic E-state index is 0.302. The Kier molecular flexibility index (Phi) is 8.42. The monoisotopic (exact) mass is 531 g/mol. The zero-order chi connectivity index (χ0) is 28.7. The Hall–Kier alpha value is -5.21. The molecule has 0 aliphatic carbocycles. The molecule has 3 aromatic carbocycles. The summed E-state index contributed by atoms with van der Waals surface area (Å²) < 4.78 is 11.5. The fourth-order valence-electron chi connectivity index (χ4n) is 4.04. The maximum atomic E-state index is 11.9. The van der Waals surface area contributed by atoms with Gasteiger partial charge in [-0.1, -0.05) is 42.5 Å². The third-order valence-electron chi connectivity index (χ3n) is 5.81. The van der Waals surface area contributed by atoms with Gasteiger partial charge in [-0.25, -0.2) is 9.78 Å². The van der Waals surface area contributed by atoms with Gasteiger partial charge in [0.05, 0.1) is 29.0 Å². The largest absolute Gasteiger partial charge is 0.444 e. The van der Waals surface area contributed by atoms with Gasteiger partial charge in [-0.15, -0.1) is 0 Å². The molecule has 0 aliphatic rings. The lowest BCUT2D eigenvalue weighted by atomic mass is 10.0. The van der Waals surface area contributed by atoms with Gasteiger partial charge in [0.2, 0.25) is 5.88 Å². The molecule has 8 nitrogen and oxygen atoms in total. The predicted octanol–water partition coefficient (Wildman–Crippen LogP) is 6.72. The highest BCUT2D eigenvalue weighted by atomic mass is 16.6. The van der Waals surface area contributed by atoms with Crippen molar-refractivity contribution < 1.29 is 14.3 Å². The summed E-state index contributed by atoms with van der Waals surface area (Å²) in [5.41, 5.74) is 4.38. The van der Waals surface area contributed by atoms with E-state index in [2.05, 4.69) is 27.4 Å². The molecule has 8 heteroatoms. The smallest absolute Gasteiger partial charge is 0.407 e. The number of amides is 1. The first-order valence-corrected chi connectivity index (χ1v) is 12.8. The number of hydrogen-bond acceptors (Lipinski definition) is 7. The summed E-state index contributed by atoms with van der Waals surface area (Å²) in [6.45, 7) is 7.68. The molecule has 0 radical (unpaired) electrons. The number of nitrogens with one attached hydrogen (secondary N) is 1. The number of hydrogen-bond donors (Lipinski definition) is 1. The van der Waals surface area contributed by atoms with Crippen LogP contribution in [0.3, 0.4) is 0 Å². The highest BCUT2D eigenvalue weighted by Crippen LogP contribution is 2.35. The average Bonchev–Trinajstić information content (AvgIpc) is 2.92. The molecular weight excluding hydrogens is 502 g/mol. The van der Waals surface area contributed by atoms with Crippen molar-refractivity contribution in [2.75, 3.05) is 6.54 Å². The summed E-state index contributed by atoms with van der Waals surface area (Å²) in [5, 5.41) is 21.8. The van der Waals surface area contributed by atoms with Gasteiger partial charge in [-0.2, -0.15) is 15.5 Å². The van der Waals surface area contributed by atoms with Gasteiger partial charge < -0.3 is 14.8 Å². The van der Waals surface area contributed by atoms with Crippen LogP contribution in [0, 0.1) is 29.6 Å². The van der Waals surface area contributed by atoms with Crippen molar-refractivity contribution >= 4 is 6.09 Å². The number of carbonyl (C=O) groups is 1. The predicted molar refractivity (Wildman–Crippen MR) is 152 cm³/mol. The second kappa shape index (κ2) is 12.1. The van der Waals surface area contributed by atoms with Crippen LogP contribution in [0.5, 0.6) is 11.6 Å². The van der Waals surface area contributed by atoms with E-state index in [4.69, 9.17) is 9.47 Å². The van der Waals surface area contributed by atoms with Gasteiger partial charge >= 0.3 is 6.09 Å². The summed E-state index contributed by atoms with van der Waals surface area (Å²) in [5.74, 6) is 1.26. The molecule has 1 amide bonds. The van der Waals surface area contributed by atoms with Crippen molar-refractivity contribution in [1.29, 1.82) is 10.5 Å². The molecule has 40 heavy (non-hydrogen) atoms. The molecule has 0 unspecified atom stereocenters. The van der Waals surface area contributed by atoms with E-state index in [1.54, 1.807) is 37.3 Å². The number of rotatable bonds is 7. The van der Waals surface area contributed by atoms with E-state index >= 15 is 0 Å². The van der Waals surface area contributed by atoms with E-state index in [0.717, 1.165) is 16.7 Å². The third kappa shape index (κ3) is 7.21. The second-order valence-electron chi connectivity index (χ2n) is 10.1. The van der Waals surface area contributed by atoms with Crippen LogP contribution in [0.2, 0.25) is 0 Å². The first-order chi connectivity index (χ1) is 19.1. The molecule has 1 heterocycles. The molecular formula is C32H29N5O3. The molecule has 0 fully saturated rings. The number of nitriles is 2. The number of nitrogens with zero attached hydrogens (tertiary/aromatic N) is 4. The molecule has 0 saturated carbocycles. The van der Waals surface area contributed by atoms with Gasteiger partial charge in [-0.05, 0) is 69.5 Å². The van der Waals surface area contributed by atoms with Gasteiger partial charge in [0.15, 0.2) is 0 Å². The minimum atomic E-state index is -0.542. The fraction of sp³-hybridized carbons (Fsp3) is 0.219. The lowest BCUT2D eigenvalue weighted by Crippen LogP contribution is -2.33. The topological polar surface area (TPSA) is 121 Å². The summed E-state index contributed by atoms with van der Waals surface area (Å²) in [4.78, 5) is 20.8. The molecule has 0 saturated heterocycles. The lowest BCUT2D eigenvalue weighted by molar-refractivity contribution is 0.0528. The van der Waals surface area contributed by atoms with Crippen LogP contribution in [-0.4, -0.2) is 28.2 Å². The molecule has 0 aliphatic heterocycles. The number of ether oxygens (including phenoxy) is 2. The zero-order valence-electron chi connectivity index (χ0n) is 22.9. The molecule has 0 spiro atoms. The van der Waals surface area contributed by atoms with Gasteiger partial charge in [0.1, 0.15) is 17.2 Å². The molecule has 0 atom stereocenters. The number of carbonyl (C=O) groups excluding carboxylic acids is 1. The normalized spacial score (nSPS) is 10.8. The van der Waals surface area contributed by atoms with E-state index in [1.807, 2.05) is 63.2 Å². The van der Waals surface area contributed by atoms with E-state index in [1.165, 1.54) is 0 Å². The van der Waals surface area contributed by atoms with Gasteiger partial charge in [-0.3, -0.25) is 0 Å². The molecule has 1 aromatic heterocycles. The van der Waals surface area contributed by atoms with Crippen LogP contribution in [-0.2, 0) is 11.2 Å². The first kappa shape index (κ1) is 27.8. The number of aromatic nitrogens is 2. The standard InChI is InChI=1S/C32H29N5O3/c1-21-36-28(26-8-6-5-7-25(26)20-34)18-30(37-21)39-29-17-23(19-33)11-14-27(29)24-12-9-22(10-13-24)15-16-35-31(38)40-32(2,3)4/h5-14,17-18H,15-16H2,1-4H3,(H,35,38). The lowest BCUT2D eigenvalue weighted by Gasteiger charge is -2.19.